The van der Waals surface area contributed by atoms with E-state index in [1.54, 1.807) is 18.6 Å². The number of nitrogens with zero attached hydrogens (tertiary/aromatic N) is 5. The van der Waals surface area contributed by atoms with Crippen molar-refractivity contribution in [2.24, 2.45) is 0 Å². The average Bonchev–Trinajstić information content (AvgIpc) is 3.57. The number of aromatic amines is 1. The van der Waals surface area contributed by atoms with Crippen LogP contribution in [0.5, 0.6) is 0 Å². The molecule has 0 aliphatic carbocycles. The Morgan fingerprint density at radius 3 is 2.82 bits per heavy atom. The van der Waals surface area contributed by atoms with E-state index in [1.807, 2.05) is 55.7 Å². The van der Waals surface area contributed by atoms with Gasteiger partial charge in [-0.25, -0.2) is 15.0 Å². The van der Waals surface area contributed by atoms with Gasteiger partial charge >= 0.3 is 0 Å². The molecular weight excluding hydrogens is 430 g/mol. The van der Waals surface area contributed by atoms with Gasteiger partial charge in [0, 0.05) is 38.6 Å². The van der Waals surface area contributed by atoms with Crippen LogP contribution in [0.25, 0.3) is 11.0 Å². The van der Waals surface area contributed by atoms with E-state index in [1.165, 1.54) is 0 Å². The normalized spacial score (nSPS) is 16.5. The number of rotatable bonds is 7. The number of fused-ring (bicyclic) bond motifs is 1. The van der Waals surface area contributed by atoms with Gasteiger partial charge in [-0.15, -0.1) is 0 Å². The summed E-state index contributed by atoms with van der Waals surface area (Å²) in [5.41, 5.74) is 2.15. The maximum Gasteiger partial charge on any atom is 0.253 e. The molecule has 1 aromatic carbocycles. The van der Waals surface area contributed by atoms with Crippen molar-refractivity contribution < 1.29 is 9.90 Å². The van der Waals surface area contributed by atoms with Crippen LogP contribution in [-0.2, 0) is 0 Å². The fourth-order valence-corrected chi connectivity index (χ4v) is 4.44. The zero-order valence-electron chi connectivity index (χ0n) is 18.9. The lowest BCUT2D eigenvalue weighted by Crippen LogP contribution is -2.35. The predicted octanol–water partition coefficient (Wildman–Crippen LogP) is 2.53. The summed E-state index contributed by atoms with van der Waals surface area (Å²) in [5.74, 6) is 1.48. The van der Waals surface area contributed by atoms with E-state index >= 15 is 0 Å². The first-order valence-corrected chi connectivity index (χ1v) is 11.3. The van der Waals surface area contributed by atoms with Gasteiger partial charge in [-0.2, -0.15) is 0 Å². The van der Waals surface area contributed by atoms with E-state index in [9.17, 15) is 9.90 Å². The summed E-state index contributed by atoms with van der Waals surface area (Å²) in [6.45, 7) is 1.55. The Kier molecular flexibility index (Phi) is 6.09. The summed E-state index contributed by atoms with van der Waals surface area (Å²) < 4.78 is 0. The highest BCUT2D eigenvalue weighted by Crippen LogP contribution is 2.28. The molecule has 3 aromatic heterocycles. The standard InChI is InChI=1S/C25H27N7O2/c1-31(19-10-12-32(14-19)24-20-9-11-26-23(20)28-16-29-24)22-8-7-18(13-27-22)25(34)30-21(15-33)17-5-3-2-4-6-17/h2-9,11,13,16,19,21,33H,10,12,14-15H2,1H3,(H,30,34)(H,26,28,29). The Bertz CT molecular complexity index is 1260. The van der Waals surface area contributed by atoms with Gasteiger partial charge in [-0.05, 0) is 30.2 Å². The maximum atomic E-state index is 12.7. The van der Waals surface area contributed by atoms with Gasteiger partial charge < -0.3 is 25.2 Å². The number of aromatic nitrogens is 4. The van der Waals surface area contributed by atoms with Crippen molar-refractivity contribution in [2.75, 3.05) is 36.5 Å². The molecule has 1 amide bonds. The Balaban J connectivity index is 1.24. The van der Waals surface area contributed by atoms with E-state index in [-0.39, 0.29) is 18.6 Å². The van der Waals surface area contributed by atoms with Crippen molar-refractivity contribution >= 4 is 28.6 Å². The van der Waals surface area contributed by atoms with E-state index < -0.39 is 6.04 Å². The minimum atomic E-state index is -0.464. The third kappa shape index (κ3) is 4.29. The number of H-pyrrole nitrogens is 1. The van der Waals surface area contributed by atoms with Crippen LogP contribution in [0.1, 0.15) is 28.4 Å². The molecule has 9 nitrogen and oxygen atoms in total. The van der Waals surface area contributed by atoms with Crippen molar-refractivity contribution in [3.63, 3.8) is 0 Å². The number of aliphatic hydroxyl groups excluding tert-OH is 1. The van der Waals surface area contributed by atoms with Crippen LogP contribution in [0.2, 0.25) is 0 Å². The number of benzene rings is 1. The first kappa shape index (κ1) is 21.8. The molecule has 9 heteroatoms. The highest BCUT2D eigenvalue weighted by Gasteiger charge is 2.28. The number of hydrogen-bond acceptors (Lipinski definition) is 7. The zero-order valence-corrected chi connectivity index (χ0v) is 18.9. The van der Waals surface area contributed by atoms with Crippen LogP contribution < -0.4 is 15.1 Å². The third-order valence-corrected chi connectivity index (χ3v) is 6.40. The number of amides is 1. The maximum absolute atomic E-state index is 12.7. The quantitative estimate of drug-likeness (QED) is 0.391. The van der Waals surface area contributed by atoms with Gasteiger partial charge in [0.1, 0.15) is 23.6 Å². The second-order valence-corrected chi connectivity index (χ2v) is 8.46. The Morgan fingerprint density at radius 2 is 2.06 bits per heavy atom. The summed E-state index contributed by atoms with van der Waals surface area (Å²) in [4.78, 5) is 33.6. The first-order chi connectivity index (χ1) is 16.6. The van der Waals surface area contributed by atoms with E-state index in [2.05, 4.69) is 35.1 Å². The fraction of sp³-hybridized carbons (Fsp3) is 0.280. The second kappa shape index (κ2) is 9.48. The number of anilines is 2. The number of carbonyl (C=O) groups excluding carboxylic acids is 1. The second-order valence-electron chi connectivity index (χ2n) is 8.46. The monoisotopic (exact) mass is 457 g/mol. The average molecular weight is 458 g/mol. The van der Waals surface area contributed by atoms with Gasteiger partial charge in [0.25, 0.3) is 5.91 Å². The minimum Gasteiger partial charge on any atom is -0.394 e. The SMILES string of the molecule is CN(c1ccc(C(=O)NC(CO)c2ccccc2)cn1)C1CCN(c2ncnc3[nH]ccc23)C1. The number of nitrogens with one attached hydrogen (secondary N) is 2. The Hall–Kier alpha value is -3.98. The molecule has 0 radical (unpaired) electrons. The Morgan fingerprint density at radius 1 is 1.21 bits per heavy atom. The molecular formula is C25H27N7O2. The van der Waals surface area contributed by atoms with Crippen molar-refractivity contribution in [3.8, 4) is 0 Å². The third-order valence-electron chi connectivity index (χ3n) is 6.40. The van der Waals surface area contributed by atoms with E-state index in [0.29, 0.717) is 5.56 Å². The first-order valence-electron chi connectivity index (χ1n) is 11.3. The molecule has 174 valence electrons. The minimum absolute atomic E-state index is 0.177. The van der Waals surface area contributed by atoms with Gasteiger partial charge in [-0.3, -0.25) is 4.79 Å². The number of carbonyl (C=O) groups is 1. The van der Waals surface area contributed by atoms with E-state index in [4.69, 9.17) is 0 Å². The van der Waals surface area contributed by atoms with Crippen molar-refractivity contribution in [1.82, 2.24) is 25.3 Å². The van der Waals surface area contributed by atoms with Crippen LogP contribution in [-0.4, -0.2) is 63.7 Å². The van der Waals surface area contributed by atoms with Gasteiger partial charge in [-0.1, -0.05) is 30.3 Å². The predicted molar refractivity (Wildman–Crippen MR) is 131 cm³/mol. The van der Waals surface area contributed by atoms with Crippen molar-refractivity contribution in [2.45, 2.75) is 18.5 Å². The zero-order chi connectivity index (χ0) is 23.5. The van der Waals surface area contributed by atoms with Crippen LogP contribution in [0, 0.1) is 0 Å². The molecule has 0 saturated carbocycles. The van der Waals surface area contributed by atoms with Crippen molar-refractivity contribution in [1.29, 1.82) is 0 Å². The number of hydrogen-bond donors (Lipinski definition) is 3. The summed E-state index contributed by atoms with van der Waals surface area (Å²) >= 11 is 0. The molecule has 0 bridgehead atoms. The number of likely N-dealkylation sites (N-methyl/N-ethyl adjacent to an activating group) is 1. The molecule has 5 rings (SSSR count). The van der Waals surface area contributed by atoms with Crippen LogP contribution >= 0.6 is 0 Å². The summed E-state index contributed by atoms with van der Waals surface area (Å²) in [7, 11) is 2.03. The largest absolute Gasteiger partial charge is 0.394 e. The summed E-state index contributed by atoms with van der Waals surface area (Å²) in [6, 6.07) is 14.9. The molecule has 4 heterocycles. The summed E-state index contributed by atoms with van der Waals surface area (Å²) in [6.07, 6.45) is 6.04. The molecule has 1 saturated heterocycles. The highest BCUT2D eigenvalue weighted by molar-refractivity contribution is 5.94. The fourth-order valence-electron chi connectivity index (χ4n) is 4.44. The van der Waals surface area contributed by atoms with Gasteiger partial charge in [0.05, 0.1) is 23.6 Å². The Labute approximate surface area is 197 Å². The lowest BCUT2D eigenvalue weighted by atomic mass is 10.1. The highest BCUT2D eigenvalue weighted by atomic mass is 16.3. The van der Waals surface area contributed by atoms with Crippen LogP contribution in [0.15, 0.2) is 67.3 Å². The number of pyridine rings is 1. The van der Waals surface area contributed by atoms with Crippen LogP contribution in [0.3, 0.4) is 0 Å². The molecule has 1 aliphatic heterocycles. The van der Waals surface area contributed by atoms with Gasteiger partial charge in [0.2, 0.25) is 0 Å². The summed E-state index contributed by atoms with van der Waals surface area (Å²) in [5, 5.41) is 13.6. The lowest BCUT2D eigenvalue weighted by Gasteiger charge is -2.26. The topological polar surface area (TPSA) is 110 Å². The number of aliphatic hydroxyl groups is 1. The molecule has 1 aliphatic rings. The molecule has 3 N–H and O–H groups in total. The molecule has 34 heavy (non-hydrogen) atoms. The molecule has 0 spiro atoms. The van der Waals surface area contributed by atoms with E-state index in [0.717, 1.165) is 47.7 Å². The van der Waals surface area contributed by atoms with Crippen molar-refractivity contribution in [3.05, 3.63) is 78.4 Å². The van der Waals surface area contributed by atoms with Crippen LogP contribution in [0.4, 0.5) is 11.6 Å². The lowest BCUT2D eigenvalue weighted by molar-refractivity contribution is 0.0916. The molecule has 4 aromatic rings. The van der Waals surface area contributed by atoms with Gasteiger partial charge in [0.15, 0.2) is 0 Å². The molecule has 1 fully saturated rings. The molecule has 2 atom stereocenters. The smallest absolute Gasteiger partial charge is 0.253 e. The molecule has 2 unspecified atom stereocenters.